The normalized spacial score (nSPS) is 19.5. The van der Waals surface area contributed by atoms with Crippen molar-refractivity contribution in [1.29, 1.82) is 0 Å². The molecule has 0 fully saturated rings. The fourth-order valence-corrected chi connectivity index (χ4v) is 2.94. The average Bonchev–Trinajstić information content (AvgIpc) is 2.68. The molecule has 1 aromatic rings. The van der Waals surface area contributed by atoms with Crippen LogP contribution in [0.5, 0.6) is 0 Å². The predicted octanol–water partition coefficient (Wildman–Crippen LogP) is 3.92. The predicted molar refractivity (Wildman–Crippen MR) is 77.9 cm³/mol. The van der Waals surface area contributed by atoms with Gasteiger partial charge in [0.05, 0.1) is 6.04 Å². The molecule has 1 aliphatic rings. The zero-order valence-electron chi connectivity index (χ0n) is 10.7. The van der Waals surface area contributed by atoms with Crippen LogP contribution in [0.3, 0.4) is 0 Å². The van der Waals surface area contributed by atoms with Crippen LogP contribution in [-0.4, -0.2) is 17.0 Å². The van der Waals surface area contributed by atoms with Crippen LogP contribution in [0, 0.1) is 12.8 Å². The number of nitrogens with zero attached hydrogens (tertiary/aromatic N) is 1. The molecule has 0 saturated heterocycles. The van der Waals surface area contributed by atoms with E-state index in [0.717, 1.165) is 16.8 Å². The summed E-state index contributed by atoms with van der Waals surface area (Å²) in [4.78, 5) is 4.73. The standard InChI is InChI=1S/C14H20N2S/c1-10(2)8-12-9-17-14(15-12)16-13-7-5-4-6-11(13)3/h4-7,10,12H,8-9H2,1-3H3,(H,15,16). The summed E-state index contributed by atoms with van der Waals surface area (Å²) >= 11 is 1.83. The molecule has 1 aliphatic heterocycles. The van der Waals surface area contributed by atoms with Crippen LogP contribution in [0.4, 0.5) is 5.69 Å². The molecular formula is C14H20N2S. The van der Waals surface area contributed by atoms with Crippen molar-refractivity contribution in [3.8, 4) is 0 Å². The van der Waals surface area contributed by atoms with Crippen LogP contribution in [0.1, 0.15) is 25.8 Å². The van der Waals surface area contributed by atoms with E-state index in [1.165, 1.54) is 17.7 Å². The third-order valence-electron chi connectivity index (χ3n) is 2.84. The Morgan fingerprint density at radius 2 is 2.18 bits per heavy atom. The number of amidine groups is 1. The quantitative estimate of drug-likeness (QED) is 0.876. The molecule has 0 aromatic heterocycles. The largest absolute Gasteiger partial charge is 0.335 e. The first-order valence-electron chi connectivity index (χ1n) is 6.18. The van der Waals surface area contributed by atoms with Gasteiger partial charge in [-0.2, -0.15) is 0 Å². The molecule has 17 heavy (non-hydrogen) atoms. The Bertz CT molecular complexity index is 412. The summed E-state index contributed by atoms with van der Waals surface area (Å²) in [5.74, 6) is 1.84. The topological polar surface area (TPSA) is 24.4 Å². The summed E-state index contributed by atoms with van der Waals surface area (Å²) in [6.07, 6.45) is 1.19. The molecule has 0 bridgehead atoms. The Hall–Kier alpha value is -0.960. The summed E-state index contributed by atoms with van der Waals surface area (Å²) < 4.78 is 0. The third-order valence-corrected chi connectivity index (χ3v) is 3.87. The fourth-order valence-electron chi connectivity index (χ4n) is 1.98. The van der Waals surface area contributed by atoms with Gasteiger partial charge in [-0.1, -0.05) is 43.8 Å². The van der Waals surface area contributed by atoms with Crippen molar-refractivity contribution in [1.82, 2.24) is 0 Å². The summed E-state index contributed by atoms with van der Waals surface area (Å²) in [5, 5.41) is 4.50. The van der Waals surface area contributed by atoms with Crippen molar-refractivity contribution in [2.45, 2.75) is 33.2 Å². The van der Waals surface area contributed by atoms with Gasteiger partial charge in [0.15, 0.2) is 5.17 Å². The first-order valence-corrected chi connectivity index (χ1v) is 7.17. The maximum atomic E-state index is 4.73. The second-order valence-corrected chi connectivity index (χ2v) is 5.98. The highest BCUT2D eigenvalue weighted by Gasteiger charge is 2.19. The number of aliphatic imine (C=N–C) groups is 1. The first-order chi connectivity index (χ1) is 8.15. The molecule has 0 amide bonds. The molecule has 1 aromatic carbocycles. The van der Waals surface area contributed by atoms with E-state index in [1.54, 1.807) is 0 Å². The van der Waals surface area contributed by atoms with E-state index in [0.29, 0.717) is 6.04 Å². The molecule has 0 saturated carbocycles. The molecule has 0 radical (unpaired) electrons. The molecule has 2 nitrogen and oxygen atoms in total. The van der Waals surface area contributed by atoms with Gasteiger partial charge in [-0.05, 0) is 30.9 Å². The van der Waals surface area contributed by atoms with Crippen molar-refractivity contribution in [2.75, 3.05) is 11.1 Å². The average molecular weight is 248 g/mol. The van der Waals surface area contributed by atoms with Crippen molar-refractivity contribution in [2.24, 2.45) is 10.9 Å². The van der Waals surface area contributed by atoms with Crippen molar-refractivity contribution >= 4 is 22.6 Å². The zero-order chi connectivity index (χ0) is 12.3. The minimum absolute atomic E-state index is 0.492. The van der Waals surface area contributed by atoms with Gasteiger partial charge in [-0.3, -0.25) is 4.99 Å². The number of para-hydroxylation sites is 1. The highest BCUT2D eigenvalue weighted by atomic mass is 32.2. The number of nitrogens with one attached hydrogen (secondary N) is 1. The number of rotatable bonds is 3. The molecule has 2 rings (SSSR count). The Kier molecular flexibility index (Phi) is 4.11. The lowest BCUT2D eigenvalue weighted by Gasteiger charge is -2.08. The summed E-state index contributed by atoms with van der Waals surface area (Å²) in [6.45, 7) is 6.63. The molecule has 0 spiro atoms. The third kappa shape index (κ3) is 3.50. The molecule has 1 atom stereocenters. The lowest BCUT2D eigenvalue weighted by molar-refractivity contribution is 0.529. The Labute approximate surface area is 108 Å². The van der Waals surface area contributed by atoms with E-state index in [1.807, 2.05) is 11.8 Å². The SMILES string of the molecule is Cc1ccccc1NC1=NC(CC(C)C)CS1. The van der Waals surface area contributed by atoms with Crippen molar-refractivity contribution in [3.05, 3.63) is 29.8 Å². The number of thioether (sulfide) groups is 1. The van der Waals surface area contributed by atoms with Crippen molar-refractivity contribution < 1.29 is 0 Å². The molecule has 1 heterocycles. The lowest BCUT2D eigenvalue weighted by atomic mass is 10.1. The summed E-state index contributed by atoms with van der Waals surface area (Å²) in [5.41, 5.74) is 2.44. The van der Waals surface area contributed by atoms with E-state index in [9.17, 15) is 0 Å². The molecule has 1 unspecified atom stereocenters. The second kappa shape index (κ2) is 5.58. The number of benzene rings is 1. The van der Waals surface area contributed by atoms with E-state index in [4.69, 9.17) is 4.99 Å². The van der Waals surface area contributed by atoms with Crippen LogP contribution in [0.15, 0.2) is 29.3 Å². The molecule has 1 N–H and O–H groups in total. The van der Waals surface area contributed by atoms with Crippen LogP contribution in [0.25, 0.3) is 0 Å². The van der Waals surface area contributed by atoms with Gasteiger partial charge in [0.1, 0.15) is 0 Å². The Morgan fingerprint density at radius 3 is 2.88 bits per heavy atom. The van der Waals surface area contributed by atoms with E-state index >= 15 is 0 Å². The maximum absolute atomic E-state index is 4.73. The van der Waals surface area contributed by atoms with Gasteiger partial charge in [0, 0.05) is 11.4 Å². The van der Waals surface area contributed by atoms with Gasteiger partial charge in [0.25, 0.3) is 0 Å². The number of hydrogen-bond donors (Lipinski definition) is 1. The van der Waals surface area contributed by atoms with Gasteiger partial charge >= 0.3 is 0 Å². The van der Waals surface area contributed by atoms with Crippen molar-refractivity contribution in [3.63, 3.8) is 0 Å². The minimum Gasteiger partial charge on any atom is -0.335 e. The molecule has 0 aliphatic carbocycles. The molecule has 3 heteroatoms. The molecular weight excluding hydrogens is 228 g/mol. The second-order valence-electron chi connectivity index (χ2n) is 4.97. The monoisotopic (exact) mass is 248 g/mol. The summed E-state index contributed by atoms with van der Waals surface area (Å²) in [6, 6.07) is 8.83. The first kappa shape index (κ1) is 12.5. The number of hydrogen-bond acceptors (Lipinski definition) is 3. The molecule has 92 valence electrons. The number of anilines is 1. The van der Waals surface area contributed by atoms with Gasteiger partial charge in [0.2, 0.25) is 0 Å². The smallest absolute Gasteiger partial charge is 0.161 e. The van der Waals surface area contributed by atoms with Gasteiger partial charge in [-0.25, -0.2) is 0 Å². The highest BCUT2D eigenvalue weighted by Crippen LogP contribution is 2.25. The van der Waals surface area contributed by atoms with Crippen LogP contribution < -0.4 is 5.32 Å². The maximum Gasteiger partial charge on any atom is 0.161 e. The zero-order valence-corrected chi connectivity index (χ0v) is 11.6. The minimum atomic E-state index is 0.492. The Morgan fingerprint density at radius 1 is 1.41 bits per heavy atom. The van der Waals surface area contributed by atoms with Crippen LogP contribution >= 0.6 is 11.8 Å². The number of aryl methyl sites for hydroxylation is 1. The van der Waals surface area contributed by atoms with E-state index in [-0.39, 0.29) is 0 Å². The lowest BCUT2D eigenvalue weighted by Crippen LogP contribution is -2.08. The van der Waals surface area contributed by atoms with Gasteiger partial charge in [-0.15, -0.1) is 0 Å². The van der Waals surface area contributed by atoms with Crippen LogP contribution in [-0.2, 0) is 0 Å². The van der Waals surface area contributed by atoms with Crippen LogP contribution in [0.2, 0.25) is 0 Å². The van der Waals surface area contributed by atoms with E-state index < -0.39 is 0 Å². The fraction of sp³-hybridized carbons (Fsp3) is 0.500. The van der Waals surface area contributed by atoms with E-state index in [2.05, 4.69) is 50.4 Å². The Balaban J connectivity index is 1.99. The highest BCUT2D eigenvalue weighted by molar-refractivity contribution is 8.14. The van der Waals surface area contributed by atoms with Gasteiger partial charge < -0.3 is 5.32 Å². The summed E-state index contributed by atoms with van der Waals surface area (Å²) in [7, 11) is 0.